The Morgan fingerprint density at radius 2 is 2.10 bits per heavy atom. The summed E-state index contributed by atoms with van der Waals surface area (Å²) >= 11 is 0. The van der Waals surface area contributed by atoms with E-state index >= 15 is 0 Å². The van der Waals surface area contributed by atoms with Crippen molar-refractivity contribution < 1.29 is 9.53 Å². The zero-order valence-corrected chi connectivity index (χ0v) is 13.1. The van der Waals surface area contributed by atoms with Gasteiger partial charge in [-0.05, 0) is 19.1 Å². The minimum atomic E-state index is 0.0620. The summed E-state index contributed by atoms with van der Waals surface area (Å²) in [5, 5.41) is 3.33. The molecule has 0 bridgehead atoms. The molecule has 0 radical (unpaired) electrons. The second kappa shape index (κ2) is 7.85. The topological polar surface area (TPSA) is 54.5 Å². The molecule has 0 saturated carbocycles. The third-order valence-corrected chi connectivity index (χ3v) is 2.82. The highest BCUT2D eigenvalue weighted by atomic mass is 16.5. The van der Waals surface area contributed by atoms with Crippen molar-refractivity contribution in [1.29, 1.82) is 0 Å². The van der Waals surface area contributed by atoms with Crippen molar-refractivity contribution >= 4 is 5.91 Å². The predicted molar refractivity (Wildman–Crippen MR) is 79.8 cm³/mol. The van der Waals surface area contributed by atoms with E-state index in [1.807, 2.05) is 19.1 Å². The Morgan fingerprint density at radius 1 is 1.40 bits per heavy atom. The van der Waals surface area contributed by atoms with Crippen LogP contribution in [0.5, 0.6) is 5.75 Å². The summed E-state index contributed by atoms with van der Waals surface area (Å²) in [4.78, 5) is 17.6. The Hall–Kier alpha value is -1.62. The van der Waals surface area contributed by atoms with E-state index in [9.17, 15) is 4.79 Å². The Bertz CT molecular complexity index is 445. The molecular formula is C15H25N3O2. The number of aryl methyl sites for hydroxylation is 1. The SMILES string of the molecule is Cc1ccc(OCCC(=O)N(C)C)c(CNC(C)C)n1. The highest BCUT2D eigenvalue weighted by Gasteiger charge is 2.09. The van der Waals surface area contributed by atoms with Gasteiger partial charge in [0.05, 0.1) is 18.7 Å². The molecule has 1 aromatic heterocycles. The normalized spacial score (nSPS) is 10.7. The van der Waals surface area contributed by atoms with Crippen LogP contribution in [0, 0.1) is 6.92 Å². The molecule has 1 amide bonds. The number of carbonyl (C=O) groups is 1. The van der Waals surface area contributed by atoms with Crippen molar-refractivity contribution in [2.75, 3.05) is 20.7 Å². The molecule has 0 atom stereocenters. The van der Waals surface area contributed by atoms with Crippen LogP contribution in [0.2, 0.25) is 0 Å². The first-order valence-corrected chi connectivity index (χ1v) is 6.93. The maximum Gasteiger partial charge on any atom is 0.225 e. The lowest BCUT2D eigenvalue weighted by Crippen LogP contribution is -2.24. The molecule has 1 aromatic rings. The lowest BCUT2D eigenvalue weighted by atomic mass is 10.2. The average molecular weight is 279 g/mol. The smallest absolute Gasteiger partial charge is 0.225 e. The molecule has 0 saturated heterocycles. The van der Waals surface area contributed by atoms with Gasteiger partial charge in [0.1, 0.15) is 5.75 Å². The van der Waals surface area contributed by atoms with Crippen molar-refractivity contribution in [3.8, 4) is 5.75 Å². The van der Waals surface area contributed by atoms with Crippen LogP contribution in [-0.2, 0) is 11.3 Å². The summed E-state index contributed by atoms with van der Waals surface area (Å²) in [6.07, 6.45) is 0.373. The van der Waals surface area contributed by atoms with Gasteiger partial charge in [-0.25, -0.2) is 0 Å². The molecule has 0 fully saturated rings. The minimum Gasteiger partial charge on any atom is -0.491 e. The fourth-order valence-corrected chi connectivity index (χ4v) is 1.63. The number of nitrogens with zero attached hydrogens (tertiary/aromatic N) is 2. The first-order valence-electron chi connectivity index (χ1n) is 6.93. The van der Waals surface area contributed by atoms with Gasteiger partial charge >= 0.3 is 0 Å². The van der Waals surface area contributed by atoms with Crippen molar-refractivity contribution in [3.05, 3.63) is 23.5 Å². The number of amides is 1. The van der Waals surface area contributed by atoms with Crippen LogP contribution < -0.4 is 10.1 Å². The fourth-order valence-electron chi connectivity index (χ4n) is 1.63. The maximum absolute atomic E-state index is 11.5. The van der Waals surface area contributed by atoms with E-state index in [0.717, 1.165) is 17.1 Å². The van der Waals surface area contributed by atoms with E-state index in [0.29, 0.717) is 25.6 Å². The van der Waals surface area contributed by atoms with Crippen LogP contribution in [0.1, 0.15) is 31.7 Å². The van der Waals surface area contributed by atoms with Crippen LogP contribution in [0.4, 0.5) is 0 Å². The van der Waals surface area contributed by atoms with Crippen LogP contribution in [0.15, 0.2) is 12.1 Å². The summed E-state index contributed by atoms with van der Waals surface area (Å²) in [6, 6.07) is 4.22. The second-order valence-corrected chi connectivity index (χ2v) is 5.32. The number of rotatable bonds is 7. The molecule has 0 aliphatic rings. The van der Waals surface area contributed by atoms with E-state index in [2.05, 4.69) is 24.1 Å². The van der Waals surface area contributed by atoms with Gasteiger partial charge in [0, 0.05) is 32.4 Å². The van der Waals surface area contributed by atoms with Crippen molar-refractivity contribution in [1.82, 2.24) is 15.2 Å². The van der Waals surface area contributed by atoms with Crippen LogP contribution in [0.3, 0.4) is 0 Å². The number of hydrogen-bond acceptors (Lipinski definition) is 4. The molecule has 0 aliphatic heterocycles. The van der Waals surface area contributed by atoms with Crippen molar-refractivity contribution in [2.24, 2.45) is 0 Å². The summed E-state index contributed by atoms with van der Waals surface area (Å²) < 4.78 is 5.70. The molecule has 0 aliphatic carbocycles. The number of ether oxygens (including phenoxy) is 1. The molecule has 0 spiro atoms. The van der Waals surface area contributed by atoms with Gasteiger partial charge in [0.25, 0.3) is 0 Å². The van der Waals surface area contributed by atoms with Crippen LogP contribution in [-0.4, -0.2) is 42.5 Å². The predicted octanol–water partition coefficient (Wildman–Crippen LogP) is 1.75. The van der Waals surface area contributed by atoms with Crippen LogP contribution in [0.25, 0.3) is 0 Å². The number of nitrogens with one attached hydrogen (secondary N) is 1. The summed E-state index contributed by atoms with van der Waals surface area (Å²) in [6.45, 7) is 7.17. The molecule has 1 N–H and O–H groups in total. The zero-order valence-electron chi connectivity index (χ0n) is 13.1. The molecule has 112 valence electrons. The largest absolute Gasteiger partial charge is 0.491 e. The average Bonchev–Trinajstić information content (AvgIpc) is 2.38. The zero-order chi connectivity index (χ0) is 15.1. The Kier molecular flexibility index (Phi) is 6.45. The molecule has 1 heterocycles. The van der Waals surface area contributed by atoms with E-state index in [1.54, 1.807) is 19.0 Å². The van der Waals surface area contributed by atoms with Gasteiger partial charge in [0.2, 0.25) is 5.91 Å². The maximum atomic E-state index is 11.5. The number of pyridine rings is 1. The third-order valence-electron chi connectivity index (χ3n) is 2.82. The van der Waals surface area contributed by atoms with Gasteiger partial charge in [-0.2, -0.15) is 0 Å². The summed E-state index contributed by atoms with van der Waals surface area (Å²) in [7, 11) is 3.49. The van der Waals surface area contributed by atoms with E-state index < -0.39 is 0 Å². The molecule has 5 nitrogen and oxygen atoms in total. The van der Waals surface area contributed by atoms with E-state index in [1.165, 1.54) is 0 Å². The first kappa shape index (κ1) is 16.4. The summed E-state index contributed by atoms with van der Waals surface area (Å²) in [5.41, 5.74) is 1.85. The standard InChI is InChI=1S/C15H25N3O2/c1-11(2)16-10-13-14(7-6-12(3)17-13)20-9-8-15(19)18(4)5/h6-7,11,16H,8-10H2,1-5H3. The van der Waals surface area contributed by atoms with Crippen LogP contribution >= 0.6 is 0 Å². The number of carbonyl (C=O) groups excluding carboxylic acids is 1. The molecule has 1 rings (SSSR count). The molecule has 5 heteroatoms. The Labute approximate surface area is 121 Å². The fraction of sp³-hybridized carbons (Fsp3) is 0.600. The quantitative estimate of drug-likeness (QED) is 0.826. The van der Waals surface area contributed by atoms with E-state index in [-0.39, 0.29) is 5.91 Å². The molecule has 0 unspecified atom stereocenters. The lowest BCUT2D eigenvalue weighted by Gasteiger charge is -2.14. The van der Waals surface area contributed by atoms with Gasteiger partial charge in [-0.15, -0.1) is 0 Å². The number of hydrogen-bond donors (Lipinski definition) is 1. The van der Waals surface area contributed by atoms with Gasteiger partial charge in [-0.3, -0.25) is 9.78 Å². The second-order valence-electron chi connectivity index (χ2n) is 5.32. The Morgan fingerprint density at radius 3 is 2.70 bits per heavy atom. The van der Waals surface area contributed by atoms with E-state index in [4.69, 9.17) is 4.74 Å². The molecule has 20 heavy (non-hydrogen) atoms. The monoisotopic (exact) mass is 279 g/mol. The van der Waals surface area contributed by atoms with Crippen molar-refractivity contribution in [2.45, 2.75) is 39.8 Å². The Balaban J connectivity index is 2.61. The summed E-state index contributed by atoms with van der Waals surface area (Å²) in [5.74, 6) is 0.808. The lowest BCUT2D eigenvalue weighted by molar-refractivity contribution is -0.129. The highest BCUT2D eigenvalue weighted by molar-refractivity contribution is 5.75. The van der Waals surface area contributed by atoms with Crippen molar-refractivity contribution in [3.63, 3.8) is 0 Å². The number of aromatic nitrogens is 1. The first-order chi connectivity index (χ1) is 9.40. The highest BCUT2D eigenvalue weighted by Crippen LogP contribution is 2.17. The molecule has 0 aromatic carbocycles. The van der Waals surface area contributed by atoms with Gasteiger partial charge in [0.15, 0.2) is 0 Å². The third kappa shape index (κ3) is 5.57. The molecular weight excluding hydrogens is 254 g/mol. The van der Waals surface area contributed by atoms with Gasteiger partial charge < -0.3 is 15.0 Å². The van der Waals surface area contributed by atoms with Gasteiger partial charge in [-0.1, -0.05) is 13.8 Å². The minimum absolute atomic E-state index is 0.0620.